The molecule has 0 unspecified atom stereocenters. The maximum absolute atomic E-state index is 12.9. The summed E-state index contributed by atoms with van der Waals surface area (Å²) in [5, 5.41) is 13.6. The van der Waals surface area contributed by atoms with Crippen LogP contribution in [0.25, 0.3) is 0 Å². The van der Waals surface area contributed by atoms with Crippen molar-refractivity contribution in [2.45, 2.75) is 13.1 Å². The monoisotopic (exact) mass is 394 g/mol. The lowest BCUT2D eigenvalue weighted by atomic mass is 10.1. The summed E-state index contributed by atoms with van der Waals surface area (Å²) >= 11 is 5.53. The number of hydrogen-bond donors (Lipinski definition) is 3. The van der Waals surface area contributed by atoms with E-state index in [9.17, 15) is 18.0 Å². The highest BCUT2D eigenvalue weighted by atomic mass is 35.5. The van der Waals surface area contributed by atoms with Crippen LogP contribution in [0, 0.1) is 18.3 Å². The fourth-order valence-corrected chi connectivity index (χ4v) is 2.34. The third-order valence-corrected chi connectivity index (χ3v) is 3.81. The fourth-order valence-electron chi connectivity index (χ4n) is 2.11. The van der Waals surface area contributed by atoms with Crippen molar-refractivity contribution in [1.29, 1.82) is 5.26 Å². The number of nitrogens with zero attached hydrogens (tertiary/aromatic N) is 1. The predicted molar refractivity (Wildman–Crippen MR) is 98.0 cm³/mol. The van der Waals surface area contributed by atoms with E-state index in [0.29, 0.717) is 17.4 Å². The van der Waals surface area contributed by atoms with E-state index in [4.69, 9.17) is 22.6 Å². The van der Waals surface area contributed by atoms with E-state index in [2.05, 4.69) is 10.6 Å². The van der Waals surface area contributed by atoms with Crippen LogP contribution in [-0.4, -0.2) is 5.91 Å². The number of hydrogen-bond acceptors (Lipinski definition) is 4. The van der Waals surface area contributed by atoms with E-state index < -0.39 is 22.7 Å². The Morgan fingerprint density at radius 1 is 1.26 bits per heavy atom. The summed E-state index contributed by atoms with van der Waals surface area (Å²) in [6, 6.07) is 9.76. The molecule has 0 heterocycles. The molecule has 0 saturated heterocycles. The maximum atomic E-state index is 12.9. The zero-order valence-corrected chi connectivity index (χ0v) is 14.7. The molecular formula is C18H14ClF3N4O. The van der Waals surface area contributed by atoms with Crippen LogP contribution in [-0.2, 0) is 11.0 Å². The van der Waals surface area contributed by atoms with E-state index in [0.717, 1.165) is 17.8 Å². The normalized spacial score (nSPS) is 11.6. The Balaban J connectivity index is 2.20. The first-order chi connectivity index (χ1) is 12.6. The standard InChI is InChI=1S/C18H14ClF3N4O/c1-10-2-5-15(24)16(6-10)25-9-11(8-23)17(27)26-12-3-4-14(19)13(7-12)18(20,21)22/h2-7,9,25H,24H2,1H3,(H,26,27)/b11-9-. The average Bonchev–Trinajstić information content (AvgIpc) is 2.59. The van der Waals surface area contributed by atoms with Gasteiger partial charge in [-0.3, -0.25) is 4.79 Å². The zero-order chi connectivity index (χ0) is 20.2. The number of carbonyl (C=O) groups is 1. The minimum atomic E-state index is -4.67. The Morgan fingerprint density at radius 3 is 2.59 bits per heavy atom. The lowest BCUT2D eigenvalue weighted by Gasteiger charge is -2.12. The number of alkyl halides is 3. The van der Waals surface area contributed by atoms with Crippen molar-refractivity contribution < 1.29 is 18.0 Å². The average molecular weight is 395 g/mol. The highest BCUT2D eigenvalue weighted by Crippen LogP contribution is 2.36. The van der Waals surface area contributed by atoms with Gasteiger partial charge in [0.1, 0.15) is 11.6 Å². The Kier molecular flexibility index (Phi) is 5.98. The topological polar surface area (TPSA) is 90.9 Å². The molecule has 2 aromatic rings. The Labute approximate surface area is 158 Å². The predicted octanol–water partition coefficient (Wildman–Crippen LogP) is 4.71. The molecule has 0 fully saturated rings. The summed E-state index contributed by atoms with van der Waals surface area (Å²) in [6.07, 6.45) is -3.54. The van der Waals surface area contributed by atoms with Gasteiger partial charge in [0.25, 0.3) is 5.91 Å². The number of amides is 1. The SMILES string of the molecule is Cc1ccc(N)c(N/C=C(/C#N)C(=O)Nc2ccc(Cl)c(C(F)(F)F)c2)c1. The zero-order valence-electron chi connectivity index (χ0n) is 14.0. The summed E-state index contributed by atoms with van der Waals surface area (Å²) in [7, 11) is 0. The molecule has 2 aromatic carbocycles. The van der Waals surface area contributed by atoms with Gasteiger partial charge in [0.15, 0.2) is 0 Å². The molecule has 1 amide bonds. The highest BCUT2D eigenvalue weighted by Gasteiger charge is 2.33. The number of halogens is 4. The molecule has 0 radical (unpaired) electrons. The van der Waals surface area contributed by atoms with Gasteiger partial charge in [0.05, 0.1) is 22.0 Å². The van der Waals surface area contributed by atoms with Gasteiger partial charge in [-0.1, -0.05) is 17.7 Å². The molecule has 9 heteroatoms. The molecule has 0 atom stereocenters. The van der Waals surface area contributed by atoms with Crippen LogP contribution in [0.5, 0.6) is 0 Å². The summed E-state index contributed by atoms with van der Waals surface area (Å²) in [5.74, 6) is -0.883. The summed E-state index contributed by atoms with van der Waals surface area (Å²) < 4.78 is 38.7. The molecular weight excluding hydrogens is 381 g/mol. The van der Waals surface area contributed by atoms with Crippen LogP contribution in [0.3, 0.4) is 0 Å². The highest BCUT2D eigenvalue weighted by molar-refractivity contribution is 6.31. The summed E-state index contributed by atoms with van der Waals surface area (Å²) in [5.41, 5.74) is 6.01. The van der Waals surface area contributed by atoms with Crippen LogP contribution in [0.2, 0.25) is 5.02 Å². The molecule has 0 aliphatic rings. The molecule has 27 heavy (non-hydrogen) atoms. The Hall–Kier alpha value is -3.18. The fraction of sp³-hybridized carbons (Fsp3) is 0.111. The van der Waals surface area contributed by atoms with Crippen molar-refractivity contribution >= 4 is 34.6 Å². The molecule has 5 nitrogen and oxygen atoms in total. The van der Waals surface area contributed by atoms with E-state index in [-0.39, 0.29) is 11.3 Å². The lowest BCUT2D eigenvalue weighted by Crippen LogP contribution is -2.15. The Morgan fingerprint density at radius 2 is 1.96 bits per heavy atom. The summed E-state index contributed by atoms with van der Waals surface area (Å²) in [6.45, 7) is 1.84. The van der Waals surface area contributed by atoms with Gasteiger partial charge in [-0.25, -0.2) is 0 Å². The van der Waals surface area contributed by atoms with E-state index in [1.165, 1.54) is 6.07 Å². The molecule has 0 saturated carbocycles. The molecule has 0 bridgehead atoms. The Bertz CT molecular complexity index is 949. The number of rotatable bonds is 4. The number of nitriles is 1. The van der Waals surface area contributed by atoms with Crippen molar-refractivity contribution in [3.8, 4) is 6.07 Å². The summed E-state index contributed by atoms with van der Waals surface area (Å²) in [4.78, 5) is 12.2. The van der Waals surface area contributed by atoms with Gasteiger partial charge in [0.2, 0.25) is 0 Å². The second-order valence-electron chi connectivity index (χ2n) is 5.55. The van der Waals surface area contributed by atoms with Crippen molar-refractivity contribution in [2.75, 3.05) is 16.4 Å². The number of nitrogens with two attached hydrogens (primary N) is 1. The van der Waals surface area contributed by atoms with Crippen LogP contribution in [0.1, 0.15) is 11.1 Å². The third-order valence-electron chi connectivity index (χ3n) is 3.48. The first-order valence-electron chi connectivity index (χ1n) is 7.53. The number of anilines is 3. The number of carbonyl (C=O) groups excluding carboxylic acids is 1. The van der Waals surface area contributed by atoms with Gasteiger partial charge in [-0.15, -0.1) is 0 Å². The number of nitrogen functional groups attached to an aromatic ring is 1. The second-order valence-corrected chi connectivity index (χ2v) is 5.96. The smallest absolute Gasteiger partial charge is 0.397 e. The van der Waals surface area contributed by atoms with E-state index in [1.54, 1.807) is 24.3 Å². The van der Waals surface area contributed by atoms with Crippen molar-refractivity contribution in [3.63, 3.8) is 0 Å². The molecule has 0 aromatic heterocycles. The van der Waals surface area contributed by atoms with Crippen LogP contribution in [0.15, 0.2) is 48.2 Å². The van der Waals surface area contributed by atoms with Crippen LogP contribution in [0.4, 0.5) is 30.2 Å². The van der Waals surface area contributed by atoms with Crippen LogP contribution >= 0.6 is 11.6 Å². The number of aryl methyl sites for hydroxylation is 1. The van der Waals surface area contributed by atoms with Crippen molar-refractivity contribution in [1.82, 2.24) is 0 Å². The second kappa shape index (κ2) is 8.01. The first-order valence-corrected chi connectivity index (χ1v) is 7.90. The largest absolute Gasteiger partial charge is 0.417 e. The minimum Gasteiger partial charge on any atom is -0.397 e. The quantitative estimate of drug-likeness (QED) is 0.398. The number of benzene rings is 2. The minimum absolute atomic E-state index is 0.145. The maximum Gasteiger partial charge on any atom is 0.417 e. The third kappa shape index (κ3) is 5.15. The molecule has 0 spiro atoms. The van der Waals surface area contributed by atoms with Gasteiger partial charge < -0.3 is 16.4 Å². The molecule has 0 aliphatic heterocycles. The van der Waals surface area contributed by atoms with E-state index >= 15 is 0 Å². The molecule has 0 aliphatic carbocycles. The lowest BCUT2D eigenvalue weighted by molar-refractivity contribution is -0.137. The van der Waals surface area contributed by atoms with E-state index in [1.807, 2.05) is 6.92 Å². The van der Waals surface area contributed by atoms with Gasteiger partial charge in [0, 0.05) is 11.9 Å². The van der Waals surface area contributed by atoms with Crippen LogP contribution < -0.4 is 16.4 Å². The van der Waals surface area contributed by atoms with Crippen molar-refractivity contribution in [3.05, 3.63) is 64.3 Å². The molecule has 140 valence electrons. The molecule has 4 N–H and O–H groups in total. The van der Waals surface area contributed by atoms with Crippen molar-refractivity contribution in [2.24, 2.45) is 0 Å². The van der Waals surface area contributed by atoms with Gasteiger partial charge in [-0.05, 0) is 42.8 Å². The molecule has 2 rings (SSSR count). The number of nitrogens with one attached hydrogen (secondary N) is 2. The first kappa shape index (κ1) is 20.1. The van der Waals surface area contributed by atoms with Gasteiger partial charge in [-0.2, -0.15) is 18.4 Å². The van der Waals surface area contributed by atoms with Gasteiger partial charge >= 0.3 is 6.18 Å².